The third kappa shape index (κ3) is 4.92. The van der Waals surface area contributed by atoms with E-state index in [1.165, 1.54) is 0 Å². The second-order valence-electron chi connectivity index (χ2n) is 3.23. The van der Waals surface area contributed by atoms with E-state index in [1.54, 1.807) is 0 Å². The Labute approximate surface area is 111 Å². The van der Waals surface area contributed by atoms with Crippen LogP contribution >= 0.6 is 12.4 Å². The van der Waals surface area contributed by atoms with Gasteiger partial charge in [-0.3, -0.25) is 4.79 Å². The highest BCUT2D eigenvalue weighted by Gasteiger charge is 2.32. The van der Waals surface area contributed by atoms with E-state index in [-0.39, 0.29) is 12.4 Å². The zero-order valence-electron chi connectivity index (χ0n) is 9.53. The van der Waals surface area contributed by atoms with Crippen molar-refractivity contribution in [1.29, 1.82) is 0 Å². The van der Waals surface area contributed by atoms with Crippen molar-refractivity contribution in [2.45, 2.75) is 12.4 Å². The van der Waals surface area contributed by atoms with Crippen molar-refractivity contribution < 1.29 is 31.8 Å². The lowest BCUT2D eigenvalue weighted by Gasteiger charge is -2.13. The third-order valence-electron chi connectivity index (χ3n) is 1.99. The Morgan fingerprint density at radius 1 is 1.37 bits per heavy atom. The van der Waals surface area contributed by atoms with Crippen molar-refractivity contribution in [2.75, 3.05) is 7.11 Å². The summed E-state index contributed by atoms with van der Waals surface area (Å²) >= 11 is 0. The Hall–Kier alpha value is -1.54. The second kappa shape index (κ2) is 6.58. The molecular formula is C10H10ClF4NO3. The van der Waals surface area contributed by atoms with Crippen LogP contribution in [-0.4, -0.2) is 19.4 Å². The van der Waals surface area contributed by atoms with E-state index in [9.17, 15) is 22.4 Å². The minimum Gasteiger partial charge on any atom is -0.468 e. The van der Waals surface area contributed by atoms with Crippen LogP contribution in [0.2, 0.25) is 0 Å². The lowest BCUT2D eigenvalue weighted by molar-refractivity contribution is -0.274. The molecule has 2 N–H and O–H groups in total. The lowest BCUT2D eigenvalue weighted by Crippen LogP contribution is -2.24. The lowest BCUT2D eigenvalue weighted by atomic mass is 10.1. The summed E-state index contributed by atoms with van der Waals surface area (Å²) in [6.45, 7) is 0. The predicted molar refractivity (Wildman–Crippen MR) is 59.3 cm³/mol. The van der Waals surface area contributed by atoms with Crippen molar-refractivity contribution in [3.8, 4) is 5.75 Å². The zero-order chi connectivity index (χ0) is 13.9. The van der Waals surface area contributed by atoms with Crippen LogP contribution in [0.1, 0.15) is 11.6 Å². The van der Waals surface area contributed by atoms with Crippen molar-refractivity contribution in [1.82, 2.24) is 0 Å². The van der Waals surface area contributed by atoms with Crippen molar-refractivity contribution >= 4 is 18.4 Å². The number of carbonyl (C=O) groups excluding carboxylic acids is 1. The number of rotatable bonds is 3. The number of hydrogen-bond acceptors (Lipinski definition) is 4. The first-order chi connectivity index (χ1) is 8.24. The highest BCUT2D eigenvalue weighted by Crippen LogP contribution is 2.27. The van der Waals surface area contributed by atoms with E-state index in [0.717, 1.165) is 19.2 Å². The van der Waals surface area contributed by atoms with Crippen LogP contribution < -0.4 is 10.5 Å². The monoisotopic (exact) mass is 303 g/mol. The molecule has 0 aromatic heterocycles. The highest BCUT2D eigenvalue weighted by molar-refractivity contribution is 5.85. The third-order valence-corrected chi connectivity index (χ3v) is 1.99. The maximum Gasteiger partial charge on any atom is 0.573 e. The van der Waals surface area contributed by atoms with E-state index >= 15 is 0 Å². The standard InChI is InChI=1S/C10H9F4NO3.ClH/c1-17-9(16)8(15)6-4-5(2-3-7(6)11)18-10(12,13)14;/h2-4,8H,15H2,1H3;1H/t8-;/m0./s1. The van der Waals surface area contributed by atoms with Crippen molar-refractivity contribution in [3.05, 3.63) is 29.6 Å². The summed E-state index contributed by atoms with van der Waals surface area (Å²) in [5.41, 5.74) is 4.89. The van der Waals surface area contributed by atoms with Gasteiger partial charge in [0.05, 0.1) is 7.11 Å². The van der Waals surface area contributed by atoms with Gasteiger partial charge in [0.25, 0.3) is 0 Å². The fourth-order valence-corrected chi connectivity index (χ4v) is 1.21. The van der Waals surface area contributed by atoms with Gasteiger partial charge in [0.15, 0.2) is 0 Å². The van der Waals surface area contributed by atoms with Gasteiger partial charge in [0, 0.05) is 5.56 Å². The van der Waals surface area contributed by atoms with E-state index < -0.39 is 35.5 Å². The molecule has 0 radical (unpaired) electrons. The molecule has 0 spiro atoms. The minimum absolute atomic E-state index is 0. The molecule has 9 heteroatoms. The molecule has 1 atom stereocenters. The number of hydrogen-bond donors (Lipinski definition) is 1. The molecule has 19 heavy (non-hydrogen) atoms. The molecule has 0 aliphatic rings. The number of benzene rings is 1. The summed E-state index contributed by atoms with van der Waals surface area (Å²) in [7, 11) is 1.02. The normalized spacial score (nSPS) is 12.3. The maximum atomic E-state index is 13.3. The molecule has 0 bridgehead atoms. The summed E-state index contributed by atoms with van der Waals surface area (Å²) in [6, 6.07) is 0.673. The fourth-order valence-electron chi connectivity index (χ4n) is 1.21. The molecule has 0 aliphatic heterocycles. The van der Waals surface area contributed by atoms with E-state index in [2.05, 4.69) is 9.47 Å². The smallest absolute Gasteiger partial charge is 0.468 e. The summed E-state index contributed by atoms with van der Waals surface area (Å²) in [5, 5.41) is 0. The summed E-state index contributed by atoms with van der Waals surface area (Å²) in [4.78, 5) is 11.1. The van der Waals surface area contributed by atoms with Crippen LogP contribution in [0.25, 0.3) is 0 Å². The van der Waals surface area contributed by atoms with E-state index in [4.69, 9.17) is 5.73 Å². The van der Waals surface area contributed by atoms with Gasteiger partial charge in [-0.1, -0.05) is 0 Å². The summed E-state index contributed by atoms with van der Waals surface area (Å²) < 4.78 is 57.1. The minimum atomic E-state index is -4.91. The SMILES string of the molecule is COC(=O)[C@@H](N)c1cc(OC(F)(F)F)ccc1F.Cl. The average Bonchev–Trinajstić information content (AvgIpc) is 2.28. The average molecular weight is 304 g/mol. The first-order valence-corrected chi connectivity index (χ1v) is 4.63. The molecule has 0 fully saturated rings. The molecule has 0 heterocycles. The molecule has 0 amide bonds. The Morgan fingerprint density at radius 2 is 1.95 bits per heavy atom. The summed E-state index contributed by atoms with van der Waals surface area (Å²) in [5.74, 6) is -2.57. The first-order valence-electron chi connectivity index (χ1n) is 4.63. The van der Waals surface area contributed by atoms with Crippen LogP contribution in [0.4, 0.5) is 17.6 Å². The van der Waals surface area contributed by atoms with Gasteiger partial charge in [-0.2, -0.15) is 0 Å². The van der Waals surface area contributed by atoms with Crippen LogP contribution in [0.5, 0.6) is 5.75 Å². The van der Waals surface area contributed by atoms with Crippen molar-refractivity contribution in [3.63, 3.8) is 0 Å². The number of alkyl halides is 3. The van der Waals surface area contributed by atoms with Gasteiger partial charge in [0.1, 0.15) is 17.6 Å². The molecule has 4 nitrogen and oxygen atoms in total. The van der Waals surface area contributed by atoms with Gasteiger partial charge >= 0.3 is 12.3 Å². The summed E-state index contributed by atoms with van der Waals surface area (Å²) in [6.07, 6.45) is -4.91. The molecule has 0 saturated heterocycles. The molecule has 1 aromatic carbocycles. The number of nitrogens with two attached hydrogens (primary N) is 1. The molecule has 0 saturated carbocycles. The quantitative estimate of drug-likeness (QED) is 0.687. The molecule has 108 valence electrons. The maximum absolute atomic E-state index is 13.3. The van der Waals surface area contributed by atoms with E-state index in [0.29, 0.717) is 6.07 Å². The van der Waals surface area contributed by atoms with Crippen molar-refractivity contribution in [2.24, 2.45) is 5.73 Å². The van der Waals surface area contributed by atoms with Gasteiger partial charge in [-0.25, -0.2) is 4.39 Å². The molecule has 0 aliphatic carbocycles. The van der Waals surface area contributed by atoms with Gasteiger partial charge in [0.2, 0.25) is 0 Å². The van der Waals surface area contributed by atoms with Gasteiger partial charge < -0.3 is 15.2 Å². The molecule has 0 unspecified atom stereocenters. The fraction of sp³-hybridized carbons (Fsp3) is 0.300. The van der Waals surface area contributed by atoms with E-state index in [1.807, 2.05) is 0 Å². The highest BCUT2D eigenvalue weighted by atomic mass is 35.5. The number of carbonyl (C=O) groups is 1. The topological polar surface area (TPSA) is 61.5 Å². The van der Waals surface area contributed by atoms with Gasteiger partial charge in [-0.05, 0) is 18.2 Å². The van der Waals surface area contributed by atoms with Crippen LogP contribution in [-0.2, 0) is 9.53 Å². The Kier molecular flexibility index (Phi) is 6.04. The largest absolute Gasteiger partial charge is 0.573 e. The van der Waals surface area contributed by atoms with Crippen LogP contribution in [0.3, 0.4) is 0 Å². The number of esters is 1. The number of halogens is 5. The molecular weight excluding hydrogens is 294 g/mol. The first kappa shape index (κ1) is 17.5. The Bertz CT molecular complexity index is 453. The predicted octanol–water partition coefficient (Wildman–Crippen LogP) is 2.32. The number of ether oxygens (including phenoxy) is 2. The zero-order valence-corrected chi connectivity index (χ0v) is 10.3. The van der Waals surface area contributed by atoms with Gasteiger partial charge in [-0.15, -0.1) is 25.6 Å². The Morgan fingerprint density at radius 3 is 2.42 bits per heavy atom. The van der Waals surface area contributed by atoms with Crippen LogP contribution in [0, 0.1) is 5.82 Å². The Balaban J connectivity index is 0.00000324. The molecule has 1 rings (SSSR count). The molecule has 1 aromatic rings. The number of methoxy groups -OCH3 is 1. The second-order valence-corrected chi connectivity index (χ2v) is 3.23. The van der Waals surface area contributed by atoms with Crippen LogP contribution in [0.15, 0.2) is 18.2 Å².